The Balaban J connectivity index is 2.15. The highest BCUT2D eigenvalue weighted by Crippen LogP contribution is 2.20. The Bertz CT molecular complexity index is 666. The van der Waals surface area contributed by atoms with Crippen molar-refractivity contribution >= 4 is 0 Å². The standard InChI is InChI=1S/C20H22O2/c1-19(2,3)22-18-12-10-16(11-13-18)14-15-20(4,21)17-8-6-5-7-9-17/h5-13,21H,1-4H3. The normalized spacial score (nSPS) is 13.7. The summed E-state index contributed by atoms with van der Waals surface area (Å²) in [5.41, 5.74) is 0.249. The molecule has 2 aromatic carbocycles. The summed E-state index contributed by atoms with van der Waals surface area (Å²) in [5, 5.41) is 10.5. The molecule has 114 valence electrons. The van der Waals surface area contributed by atoms with E-state index < -0.39 is 5.60 Å². The first-order chi connectivity index (χ1) is 10.3. The lowest BCUT2D eigenvalue weighted by Crippen LogP contribution is -2.22. The van der Waals surface area contributed by atoms with Gasteiger partial charge in [-0.25, -0.2) is 0 Å². The molecule has 22 heavy (non-hydrogen) atoms. The zero-order chi connectivity index (χ0) is 16.2. The summed E-state index contributed by atoms with van der Waals surface area (Å²) >= 11 is 0. The van der Waals surface area contributed by atoms with Crippen LogP contribution in [-0.4, -0.2) is 10.7 Å². The maximum Gasteiger partial charge on any atom is 0.148 e. The van der Waals surface area contributed by atoms with Crippen LogP contribution in [0.15, 0.2) is 54.6 Å². The van der Waals surface area contributed by atoms with Gasteiger partial charge in [0.15, 0.2) is 0 Å². The molecule has 0 aromatic heterocycles. The highest BCUT2D eigenvalue weighted by Gasteiger charge is 2.19. The topological polar surface area (TPSA) is 29.5 Å². The summed E-state index contributed by atoms with van der Waals surface area (Å²) in [6, 6.07) is 17.0. The molecule has 0 amide bonds. The average Bonchev–Trinajstić information content (AvgIpc) is 2.46. The van der Waals surface area contributed by atoms with Gasteiger partial charge < -0.3 is 9.84 Å². The molecule has 2 aromatic rings. The quantitative estimate of drug-likeness (QED) is 0.844. The Kier molecular flexibility index (Phi) is 4.59. The average molecular weight is 294 g/mol. The van der Waals surface area contributed by atoms with Gasteiger partial charge >= 0.3 is 0 Å². The molecule has 0 aliphatic carbocycles. The maximum atomic E-state index is 10.5. The van der Waals surface area contributed by atoms with E-state index in [0.29, 0.717) is 0 Å². The van der Waals surface area contributed by atoms with Crippen LogP contribution in [0.5, 0.6) is 5.75 Å². The maximum absolute atomic E-state index is 10.5. The molecule has 1 N–H and O–H groups in total. The minimum absolute atomic E-state index is 0.218. The second kappa shape index (κ2) is 6.25. The van der Waals surface area contributed by atoms with Crippen LogP contribution in [0.25, 0.3) is 0 Å². The molecular weight excluding hydrogens is 272 g/mol. The van der Waals surface area contributed by atoms with Crippen LogP contribution in [0.1, 0.15) is 38.8 Å². The van der Waals surface area contributed by atoms with Crippen molar-refractivity contribution in [1.29, 1.82) is 0 Å². The van der Waals surface area contributed by atoms with E-state index >= 15 is 0 Å². The monoisotopic (exact) mass is 294 g/mol. The molecule has 0 spiro atoms. The first-order valence-corrected chi connectivity index (χ1v) is 7.36. The minimum atomic E-state index is -1.16. The smallest absolute Gasteiger partial charge is 0.148 e. The molecule has 0 fully saturated rings. The van der Waals surface area contributed by atoms with E-state index in [1.54, 1.807) is 6.92 Å². The Labute approximate surface area is 132 Å². The van der Waals surface area contributed by atoms with E-state index in [1.165, 1.54) is 0 Å². The molecular formula is C20H22O2. The largest absolute Gasteiger partial charge is 0.488 e. The summed E-state index contributed by atoms with van der Waals surface area (Å²) < 4.78 is 5.77. The van der Waals surface area contributed by atoms with Gasteiger partial charge in [-0.15, -0.1) is 0 Å². The van der Waals surface area contributed by atoms with Gasteiger partial charge in [-0.1, -0.05) is 42.2 Å². The molecule has 0 aliphatic heterocycles. The van der Waals surface area contributed by atoms with Crippen LogP contribution in [-0.2, 0) is 5.60 Å². The number of benzene rings is 2. The van der Waals surface area contributed by atoms with Crippen molar-refractivity contribution in [2.45, 2.75) is 38.9 Å². The number of hydrogen-bond acceptors (Lipinski definition) is 2. The molecule has 0 saturated carbocycles. The van der Waals surface area contributed by atoms with Crippen LogP contribution in [0.4, 0.5) is 0 Å². The molecule has 1 unspecified atom stereocenters. The number of rotatable bonds is 2. The van der Waals surface area contributed by atoms with Gasteiger partial charge in [0.05, 0.1) is 0 Å². The van der Waals surface area contributed by atoms with Gasteiger partial charge in [-0.2, -0.15) is 0 Å². The van der Waals surface area contributed by atoms with E-state index in [0.717, 1.165) is 16.9 Å². The summed E-state index contributed by atoms with van der Waals surface area (Å²) in [7, 11) is 0. The zero-order valence-corrected chi connectivity index (χ0v) is 13.6. The van der Waals surface area contributed by atoms with Gasteiger partial charge in [0, 0.05) is 5.56 Å². The summed E-state index contributed by atoms with van der Waals surface area (Å²) in [6.45, 7) is 7.74. The third-order valence-electron chi connectivity index (χ3n) is 3.06. The van der Waals surface area contributed by atoms with E-state index in [9.17, 15) is 5.11 Å². The van der Waals surface area contributed by atoms with E-state index in [2.05, 4.69) is 11.8 Å². The van der Waals surface area contributed by atoms with Gasteiger partial charge in [0.25, 0.3) is 0 Å². The highest BCUT2D eigenvalue weighted by molar-refractivity contribution is 5.41. The predicted molar refractivity (Wildman–Crippen MR) is 89.7 cm³/mol. The SMILES string of the molecule is CC(C)(C)Oc1ccc(C#CC(C)(O)c2ccccc2)cc1. The molecule has 0 bridgehead atoms. The Morgan fingerprint density at radius 3 is 2.00 bits per heavy atom. The minimum Gasteiger partial charge on any atom is -0.488 e. The predicted octanol–water partition coefficient (Wildman–Crippen LogP) is 4.12. The Morgan fingerprint density at radius 2 is 1.45 bits per heavy atom. The summed E-state index contributed by atoms with van der Waals surface area (Å²) in [5.74, 6) is 6.75. The van der Waals surface area contributed by atoms with Crippen molar-refractivity contribution < 1.29 is 9.84 Å². The highest BCUT2D eigenvalue weighted by atomic mass is 16.5. The fourth-order valence-corrected chi connectivity index (χ4v) is 1.99. The van der Waals surface area contributed by atoms with Crippen LogP contribution >= 0.6 is 0 Å². The number of ether oxygens (including phenoxy) is 1. The van der Waals surface area contributed by atoms with E-state index in [4.69, 9.17) is 4.74 Å². The van der Waals surface area contributed by atoms with Crippen molar-refractivity contribution in [2.24, 2.45) is 0 Å². The van der Waals surface area contributed by atoms with E-state index in [1.807, 2.05) is 75.4 Å². The number of hydrogen-bond donors (Lipinski definition) is 1. The lowest BCUT2D eigenvalue weighted by molar-refractivity contribution is 0.122. The van der Waals surface area contributed by atoms with Gasteiger partial charge in [0.2, 0.25) is 0 Å². The van der Waals surface area contributed by atoms with Crippen molar-refractivity contribution in [3.63, 3.8) is 0 Å². The third kappa shape index (κ3) is 4.65. The fraction of sp³-hybridized carbons (Fsp3) is 0.300. The number of aliphatic hydroxyl groups is 1. The van der Waals surface area contributed by atoms with Crippen molar-refractivity contribution in [2.75, 3.05) is 0 Å². The van der Waals surface area contributed by atoms with Gasteiger partial charge in [-0.3, -0.25) is 0 Å². The van der Waals surface area contributed by atoms with Gasteiger partial charge in [-0.05, 0) is 57.5 Å². The molecule has 0 aliphatic rings. The first kappa shape index (κ1) is 16.1. The van der Waals surface area contributed by atoms with Crippen molar-refractivity contribution in [3.05, 3.63) is 65.7 Å². The lowest BCUT2D eigenvalue weighted by atomic mass is 9.96. The van der Waals surface area contributed by atoms with Crippen LogP contribution in [0.3, 0.4) is 0 Å². The molecule has 1 atom stereocenters. The zero-order valence-electron chi connectivity index (χ0n) is 13.6. The van der Waals surface area contributed by atoms with Crippen molar-refractivity contribution in [3.8, 4) is 17.6 Å². The summed E-state index contributed by atoms with van der Waals surface area (Å²) in [6.07, 6.45) is 0. The molecule has 2 rings (SSSR count). The molecule has 2 nitrogen and oxygen atoms in total. The lowest BCUT2D eigenvalue weighted by Gasteiger charge is -2.21. The third-order valence-corrected chi connectivity index (χ3v) is 3.06. The molecule has 0 heterocycles. The first-order valence-electron chi connectivity index (χ1n) is 7.36. The molecule has 0 radical (unpaired) electrons. The second-order valence-corrected chi connectivity index (χ2v) is 6.43. The Morgan fingerprint density at radius 1 is 0.864 bits per heavy atom. The van der Waals surface area contributed by atoms with Crippen LogP contribution in [0.2, 0.25) is 0 Å². The molecule has 2 heteroatoms. The van der Waals surface area contributed by atoms with Gasteiger partial charge in [0.1, 0.15) is 17.0 Å². The van der Waals surface area contributed by atoms with Crippen LogP contribution < -0.4 is 4.74 Å². The summed E-state index contributed by atoms with van der Waals surface area (Å²) in [4.78, 5) is 0. The van der Waals surface area contributed by atoms with Crippen LogP contribution in [0, 0.1) is 11.8 Å². The molecule has 0 saturated heterocycles. The second-order valence-electron chi connectivity index (χ2n) is 6.43. The Hall–Kier alpha value is -2.24. The van der Waals surface area contributed by atoms with Crippen molar-refractivity contribution in [1.82, 2.24) is 0 Å². The fourth-order valence-electron chi connectivity index (χ4n) is 1.99. The van der Waals surface area contributed by atoms with E-state index in [-0.39, 0.29) is 5.60 Å².